The minimum Gasteiger partial charge on any atom is -0.507 e. The van der Waals surface area contributed by atoms with Crippen LogP contribution in [-0.4, -0.2) is 36.1 Å². The SMILES string of the molecule is COc1ccc(C2CCN(C(=O)c3ccc(C(C)C)cc3O)C2)cc1. The molecule has 3 rings (SSSR count). The van der Waals surface area contributed by atoms with Crippen molar-refractivity contribution in [3.63, 3.8) is 0 Å². The number of methoxy groups -OCH3 is 1. The van der Waals surface area contributed by atoms with Crippen LogP contribution in [0, 0.1) is 0 Å². The highest BCUT2D eigenvalue weighted by atomic mass is 16.5. The summed E-state index contributed by atoms with van der Waals surface area (Å²) in [6.45, 7) is 5.52. The number of hydrogen-bond donors (Lipinski definition) is 1. The van der Waals surface area contributed by atoms with Crippen molar-refractivity contribution in [3.05, 3.63) is 59.2 Å². The molecule has 1 N–H and O–H groups in total. The molecular weight excluding hydrogens is 314 g/mol. The van der Waals surface area contributed by atoms with E-state index in [0.29, 0.717) is 30.5 Å². The molecule has 25 heavy (non-hydrogen) atoms. The molecule has 4 heteroatoms. The number of aromatic hydroxyl groups is 1. The van der Waals surface area contributed by atoms with Gasteiger partial charge < -0.3 is 14.7 Å². The average molecular weight is 339 g/mol. The van der Waals surface area contributed by atoms with Gasteiger partial charge in [0.1, 0.15) is 11.5 Å². The van der Waals surface area contributed by atoms with Gasteiger partial charge in [0.15, 0.2) is 0 Å². The second kappa shape index (κ2) is 7.18. The standard InChI is InChI=1S/C21H25NO3/c1-14(2)16-6-9-19(20(23)12-16)21(24)22-11-10-17(13-22)15-4-7-18(25-3)8-5-15/h4-9,12,14,17,23H,10-11,13H2,1-3H3. The number of phenolic OH excluding ortho intramolecular Hbond substituents is 1. The summed E-state index contributed by atoms with van der Waals surface area (Å²) in [5.74, 6) is 1.46. The summed E-state index contributed by atoms with van der Waals surface area (Å²) < 4.78 is 5.20. The molecule has 2 aromatic carbocycles. The van der Waals surface area contributed by atoms with Crippen molar-refractivity contribution in [2.45, 2.75) is 32.1 Å². The van der Waals surface area contributed by atoms with Crippen LogP contribution in [0.5, 0.6) is 11.5 Å². The van der Waals surface area contributed by atoms with Gasteiger partial charge in [0, 0.05) is 19.0 Å². The maximum absolute atomic E-state index is 12.8. The monoisotopic (exact) mass is 339 g/mol. The molecule has 1 atom stereocenters. The number of rotatable bonds is 4. The second-order valence-corrected chi connectivity index (χ2v) is 6.94. The summed E-state index contributed by atoms with van der Waals surface area (Å²) in [5.41, 5.74) is 2.64. The Bertz CT molecular complexity index is 752. The number of carbonyl (C=O) groups is 1. The lowest BCUT2D eigenvalue weighted by atomic mass is 9.98. The maximum atomic E-state index is 12.8. The first kappa shape index (κ1) is 17.3. The first-order chi connectivity index (χ1) is 12.0. The van der Waals surface area contributed by atoms with Gasteiger partial charge in [0.25, 0.3) is 5.91 Å². The van der Waals surface area contributed by atoms with Crippen LogP contribution in [0.4, 0.5) is 0 Å². The van der Waals surface area contributed by atoms with E-state index in [1.54, 1.807) is 19.2 Å². The molecular formula is C21H25NO3. The van der Waals surface area contributed by atoms with Crippen LogP contribution < -0.4 is 4.74 Å². The van der Waals surface area contributed by atoms with Gasteiger partial charge in [-0.1, -0.05) is 32.0 Å². The van der Waals surface area contributed by atoms with Gasteiger partial charge in [0.2, 0.25) is 0 Å². The molecule has 0 saturated carbocycles. The molecule has 0 aliphatic carbocycles. The molecule has 1 aliphatic heterocycles. The van der Waals surface area contributed by atoms with Crippen LogP contribution in [0.25, 0.3) is 0 Å². The van der Waals surface area contributed by atoms with Gasteiger partial charge in [-0.3, -0.25) is 4.79 Å². The predicted molar refractivity (Wildman–Crippen MR) is 98.5 cm³/mol. The van der Waals surface area contributed by atoms with E-state index in [2.05, 4.69) is 26.0 Å². The highest BCUT2D eigenvalue weighted by molar-refractivity contribution is 5.97. The molecule has 1 saturated heterocycles. The molecule has 2 aromatic rings. The normalized spacial score (nSPS) is 17.1. The smallest absolute Gasteiger partial charge is 0.257 e. The van der Waals surface area contributed by atoms with Crippen molar-refractivity contribution in [1.29, 1.82) is 0 Å². The number of likely N-dealkylation sites (tertiary alicyclic amines) is 1. The summed E-state index contributed by atoms with van der Waals surface area (Å²) in [5, 5.41) is 10.3. The lowest BCUT2D eigenvalue weighted by molar-refractivity contribution is 0.0787. The Labute approximate surface area is 149 Å². The maximum Gasteiger partial charge on any atom is 0.257 e. The highest BCUT2D eigenvalue weighted by Gasteiger charge is 2.29. The number of ether oxygens (including phenoxy) is 1. The Balaban J connectivity index is 1.72. The fraction of sp³-hybridized carbons (Fsp3) is 0.381. The highest BCUT2D eigenvalue weighted by Crippen LogP contribution is 2.31. The fourth-order valence-corrected chi connectivity index (χ4v) is 3.35. The largest absolute Gasteiger partial charge is 0.507 e. The zero-order chi connectivity index (χ0) is 18.0. The average Bonchev–Trinajstić information content (AvgIpc) is 3.11. The summed E-state index contributed by atoms with van der Waals surface area (Å²) in [4.78, 5) is 14.6. The molecule has 0 radical (unpaired) electrons. The van der Waals surface area contributed by atoms with Gasteiger partial charge in [-0.05, 0) is 47.7 Å². The van der Waals surface area contributed by atoms with Crippen LogP contribution in [0.1, 0.15) is 53.6 Å². The van der Waals surface area contributed by atoms with E-state index in [4.69, 9.17) is 4.74 Å². The summed E-state index contributed by atoms with van der Waals surface area (Å²) >= 11 is 0. The third kappa shape index (κ3) is 3.63. The third-order valence-electron chi connectivity index (χ3n) is 4.98. The topological polar surface area (TPSA) is 49.8 Å². The molecule has 0 spiro atoms. The summed E-state index contributed by atoms with van der Waals surface area (Å²) in [6.07, 6.45) is 0.933. The van der Waals surface area contributed by atoms with Crippen LogP contribution in [0.15, 0.2) is 42.5 Å². The van der Waals surface area contributed by atoms with E-state index < -0.39 is 0 Å². The zero-order valence-corrected chi connectivity index (χ0v) is 15.0. The predicted octanol–water partition coefficient (Wildman–Crippen LogP) is 4.15. The Morgan fingerprint density at radius 1 is 1.20 bits per heavy atom. The van der Waals surface area contributed by atoms with E-state index in [1.807, 2.05) is 23.1 Å². The molecule has 1 heterocycles. The van der Waals surface area contributed by atoms with Gasteiger partial charge >= 0.3 is 0 Å². The number of amides is 1. The Hall–Kier alpha value is -2.49. The fourth-order valence-electron chi connectivity index (χ4n) is 3.35. The van der Waals surface area contributed by atoms with Crippen molar-refractivity contribution in [2.75, 3.05) is 20.2 Å². The number of phenols is 1. The Kier molecular flexibility index (Phi) is 4.98. The molecule has 1 aliphatic rings. The molecule has 0 bridgehead atoms. The first-order valence-corrected chi connectivity index (χ1v) is 8.75. The lowest BCUT2D eigenvalue weighted by Gasteiger charge is -2.18. The molecule has 1 fully saturated rings. The van der Waals surface area contributed by atoms with E-state index in [-0.39, 0.29) is 11.7 Å². The van der Waals surface area contributed by atoms with Gasteiger partial charge in [-0.15, -0.1) is 0 Å². The number of nitrogens with zero attached hydrogens (tertiary/aromatic N) is 1. The second-order valence-electron chi connectivity index (χ2n) is 6.94. The molecule has 1 amide bonds. The summed E-state index contributed by atoms with van der Waals surface area (Å²) in [7, 11) is 1.65. The van der Waals surface area contributed by atoms with Crippen LogP contribution in [0.3, 0.4) is 0 Å². The van der Waals surface area contributed by atoms with Crippen molar-refractivity contribution < 1.29 is 14.6 Å². The Morgan fingerprint density at radius 3 is 2.52 bits per heavy atom. The van der Waals surface area contributed by atoms with E-state index >= 15 is 0 Å². The zero-order valence-electron chi connectivity index (χ0n) is 15.0. The van der Waals surface area contributed by atoms with Crippen molar-refractivity contribution in [1.82, 2.24) is 4.90 Å². The lowest BCUT2D eigenvalue weighted by Crippen LogP contribution is -2.28. The minimum atomic E-state index is -0.0937. The molecule has 0 aromatic heterocycles. The van der Waals surface area contributed by atoms with E-state index in [9.17, 15) is 9.90 Å². The van der Waals surface area contributed by atoms with Crippen molar-refractivity contribution in [3.8, 4) is 11.5 Å². The first-order valence-electron chi connectivity index (χ1n) is 8.75. The van der Waals surface area contributed by atoms with E-state index in [0.717, 1.165) is 17.7 Å². The van der Waals surface area contributed by atoms with Gasteiger partial charge in [-0.2, -0.15) is 0 Å². The quantitative estimate of drug-likeness (QED) is 0.910. The number of carbonyl (C=O) groups excluding carboxylic acids is 1. The summed E-state index contributed by atoms with van der Waals surface area (Å²) in [6, 6.07) is 13.4. The van der Waals surface area contributed by atoms with Gasteiger partial charge in [-0.25, -0.2) is 0 Å². The van der Waals surface area contributed by atoms with Crippen molar-refractivity contribution in [2.24, 2.45) is 0 Å². The molecule has 4 nitrogen and oxygen atoms in total. The molecule has 132 valence electrons. The minimum absolute atomic E-state index is 0.0732. The van der Waals surface area contributed by atoms with Crippen molar-refractivity contribution >= 4 is 5.91 Å². The van der Waals surface area contributed by atoms with Gasteiger partial charge in [0.05, 0.1) is 12.7 Å². The van der Waals surface area contributed by atoms with Crippen LogP contribution in [-0.2, 0) is 0 Å². The Morgan fingerprint density at radius 2 is 1.92 bits per heavy atom. The number of benzene rings is 2. The van der Waals surface area contributed by atoms with E-state index in [1.165, 1.54) is 5.56 Å². The van der Waals surface area contributed by atoms with Crippen LogP contribution in [0.2, 0.25) is 0 Å². The number of hydrogen-bond acceptors (Lipinski definition) is 3. The third-order valence-corrected chi connectivity index (χ3v) is 4.98. The molecule has 1 unspecified atom stereocenters. The van der Waals surface area contributed by atoms with Crippen LogP contribution >= 0.6 is 0 Å².